The van der Waals surface area contributed by atoms with E-state index in [1.165, 1.54) is 10.5 Å². The van der Waals surface area contributed by atoms with E-state index in [0.717, 1.165) is 12.8 Å². The maximum absolute atomic E-state index is 12.4. The lowest BCUT2D eigenvalue weighted by Crippen LogP contribution is -2.34. The molecule has 0 atom stereocenters. The number of H-pyrrole nitrogens is 1. The van der Waals surface area contributed by atoms with Crippen molar-refractivity contribution in [3.8, 4) is 0 Å². The third-order valence-corrected chi connectivity index (χ3v) is 4.66. The van der Waals surface area contributed by atoms with Crippen molar-refractivity contribution in [1.29, 1.82) is 0 Å². The lowest BCUT2D eigenvalue weighted by atomic mass is 10.4. The van der Waals surface area contributed by atoms with Crippen molar-refractivity contribution in [2.24, 2.45) is 5.73 Å². The van der Waals surface area contributed by atoms with Crippen molar-refractivity contribution >= 4 is 10.0 Å². The van der Waals surface area contributed by atoms with E-state index in [1.54, 1.807) is 6.08 Å². The summed E-state index contributed by atoms with van der Waals surface area (Å²) in [6.45, 7) is 4.06. The van der Waals surface area contributed by atoms with Crippen LogP contribution in [-0.4, -0.2) is 35.5 Å². The van der Waals surface area contributed by atoms with E-state index < -0.39 is 10.0 Å². The van der Waals surface area contributed by atoms with Gasteiger partial charge in [0, 0.05) is 24.7 Å². The highest BCUT2D eigenvalue weighted by molar-refractivity contribution is 7.89. The highest BCUT2D eigenvalue weighted by atomic mass is 32.2. The van der Waals surface area contributed by atoms with Gasteiger partial charge in [0.2, 0.25) is 0 Å². The van der Waals surface area contributed by atoms with Crippen molar-refractivity contribution in [2.75, 3.05) is 6.54 Å². The summed E-state index contributed by atoms with van der Waals surface area (Å²) in [5, 5.41) is 6.37. The fourth-order valence-corrected chi connectivity index (χ4v) is 3.49. The molecular weight excluding hydrogens is 240 g/mol. The van der Waals surface area contributed by atoms with Gasteiger partial charge >= 0.3 is 0 Å². The van der Waals surface area contributed by atoms with Crippen LogP contribution in [0.25, 0.3) is 0 Å². The second-order valence-corrected chi connectivity index (χ2v) is 5.85. The molecule has 1 heterocycles. The number of nitrogens with two attached hydrogens (primary N) is 1. The maximum Gasteiger partial charge on any atom is 0.260 e. The van der Waals surface area contributed by atoms with Gasteiger partial charge in [-0.25, -0.2) is 8.42 Å². The predicted octanol–water partition coefficient (Wildman–Crippen LogP) is 0.207. The van der Waals surface area contributed by atoms with Crippen LogP contribution in [0.1, 0.15) is 18.4 Å². The number of aromatic nitrogens is 2. The molecule has 0 amide bonds. The molecule has 2 rings (SSSR count). The summed E-state index contributed by atoms with van der Waals surface area (Å²) in [5.41, 5.74) is 6.01. The Morgan fingerprint density at radius 1 is 1.65 bits per heavy atom. The zero-order chi connectivity index (χ0) is 12.5. The van der Waals surface area contributed by atoms with Gasteiger partial charge < -0.3 is 5.73 Å². The molecule has 0 radical (unpaired) electrons. The fraction of sp³-hybridized carbons (Fsp3) is 0.500. The number of nitrogens with zero attached hydrogens (tertiary/aromatic N) is 2. The largest absolute Gasteiger partial charge is 0.326 e. The molecule has 0 aliphatic heterocycles. The molecular formula is C10H16N4O2S. The van der Waals surface area contributed by atoms with Crippen LogP contribution >= 0.6 is 0 Å². The minimum atomic E-state index is -3.54. The molecule has 1 saturated carbocycles. The Hall–Kier alpha value is -1.18. The molecule has 0 unspecified atom stereocenters. The smallest absolute Gasteiger partial charge is 0.260 e. The van der Waals surface area contributed by atoms with Crippen LogP contribution in [0.5, 0.6) is 0 Å². The summed E-state index contributed by atoms with van der Waals surface area (Å²) in [7, 11) is -3.54. The minimum Gasteiger partial charge on any atom is -0.326 e. The number of rotatable bonds is 6. The lowest BCUT2D eigenvalue weighted by molar-refractivity contribution is 0.432. The Balaban J connectivity index is 2.36. The summed E-state index contributed by atoms with van der Waals surface area (Å²) in [6.07, 6.45) is 4.85. The first kappa shape index (κ1) is 12.3. The van der Waals surface area contributed by atoms with Gasteiger partial charge in [0.25, 0.3) is 10.0 Å². The minimum absolute atomic E-state index is 0.0897. The van der Waals surface area contributed by atoms with Crippen LogP contribution in [0.4, 0.5) is 0 Å². The predicted molar refractivity (Wildman–Crippen MR) is 63.6 cm³/mol. The SMILES string of the molecule is C=CCN(C1CC1)S(=O)(=O)c1[nH]ncc1CN. The van der Waals surface area contributed by atoms with Gasteiger partial charge in [0.15, 0.2) is 5.03 Å². The Bertz CT molecular complexity index is 504. The van der Waals surface area contributed by atoms with Crippen LogP contribution in [-0.2, 0) is 16.6 Å². The zero-order valence-corrected chi connectivity index (χ0v) is 10.3. The molecule has 1 aromatic rings. The number of hydrogen-bond donors (Lipinski definition) is 2. The zero-order valence-electron chi connectivity index (χ0n) is 9.46. The molecule has 0 spiro atoms. The van der Waals surface area contributed by atoms with Crippen molar-refractivity contribution in [2.45, 2.75) is 30.5 Å². The van der Waals surface area contributed by atoms with Gasteiger partial charge in [-0.05, 0) is 12.8 Å². The number of aromatic amines is 1. The Kier molecular flexibility index (Phi) is 3.32. The van der Waals surface area contributed by atoms with Gasteiger partial charge in [0.1, 0.15) is 0 Å². The van der Waals surface area contributed by atoms with Gasteiger partial charge in [-0.1, -0.05) is 6.08 Å². The van der Waals surface area contributed by atoms with Crippen LogP contribution in [0.2, 0.25) is 0 Å². The highest BCUT2D eigenvalue weighted by Crippen LogP contribution is 2.32. The van der Waals surface area contributed by atoms with Gasteiger partial charge in [-0.2, -0.15) is 9.40 Å². The van der Waals surface area contributed by atoms with Crippen molar-refractivity contribution in [1.82, 2.24) is 14.5 Å². The molecule has 0 aromatic carbocycles. The van der Waals surface area contributed by atoms with E-state index in [9.17, 15) is 8.42 Å². The quantitative estimate of drug-likeness (QED) is 0.711. The van der Waals surface area contributed by atoms with Gasteiger partial charge in [0.05, 0.1) is 6.20 Å². The van der Waals surface area contributed by atoms with E-state index in [1.807, 2.05) is 0 Å². The molecule has 1 fully saturated rings. The molecule has 7 heteroatoms. The second kappa shape index (κ2) is 4.59. The van der Waals surface area contributed by atoms with Crippen LogP contribution in [0, 0.1) is 0 Å². The van der Waals surface area contributed by atoms with Gasteiger partial charge in [-0.15, -0.1) is 6.58 Å². The topological polar surface area (TPSA) is 92.1 Å². The number of nitrogens with one attached hydrogen (secondary N) is 1. The summed E-state index contributed by atoms with van der Waals surface area (Å²) < 4.78 is 26.2. The summed E-state index contributed by atoms with van der Waals surface area (Å²) in [5.74, 6) is 0. The molecule has 0 saturated heterocycles. The van der Waals surface area contributed by atoms with E-state index in [0.29, 0.717) is 12.1 Å². The average Bonchev–Trinajstić information content (AvgIpc) is 3.00. The summed E-state index contributed by atoms with van der Waals surface area (Å²) in [4.78, 5) is 0. The first-order chi connectivity index (χ1) is 8.11. The van der Waals surface area contributed by atoms with Crippen molar-refractivity contribution in [3.05, 3.63) is 24.4 Å². The fourth-order valence-electron chi connectivity index (χ4n) is 1.72. The first-order valence-electron chi connectivity index (χ1n) is 5.46. The molecule has 1 aliphatic rings. The normalized spacial score (nSPS) is 16.4. The Morgan fingerprint density at radius 3 is 2.88 bits per heavy atom. The van der Waals surface area contributed by atoms with Crippen LogP contribution < -0.4 is 5.73 Å². The third-order valence-electron chi connectivity index (χ3n) is 2.73. The molecule has 94 valence electrons. The molecule has 3 N–H and O–H groups in total. The van der Waals surface area contributed by atoms with Gasteiger partial charge in [-0.3, -0.25) is 5.10 Å². The molecule has 6 nitrogen and oxygen atoms in total. The van der Waals surface area contributed by atoms with E-state index in [4.69, 9.17) is 5.73 Å². The van der Waals surface area contributed by atoms with Crippen molar-refractivity contribution in [3.63, 3.8) is 0 Å². The monoisotopic (exact) mass is 256 g/mol. The van der Waals surface area contributed by atoms with Crippen LogP contribution in [0.3, 0.4) is 0 Å². The first-order valence-corrected chi connectivity index (χ1v) is 6.90. The van der Waals surface area contributed by atoms with Crippen molar-refractivity contribution < 1.29 is 8.42 Å². The Labute approximate surface area is 101 Å². The molecule has 17 heavy (non-hydrogen) atoms. The average molecular weight is 256 g/mol. The molecule has 0 bridgehead atoms. The summed E-state index contributed by atoms with van der Waals surface area (Å²) >= 11 is 0. The third kappa shape index (κ3) is 2.26. The van der Waals surface area contributed by atoms with Crippen LogP contribution in [0.15, 0.2) is 23.9 Å². The standard InChI is InChI=1S/C10H16N4O2S/c1-2-5-14(9-3-4-9)17(15,16)10-8(6-11)7-12-13-10/h2,7,9H,1,3-6,11H2,(H,12,13). The molecule has 1 aromatic heterocycles. The Morgan fingerprint density at radius 2 is 2.35 bits per heavy atom. The molecule has 1 aliphatic carbocycles. The van der Waals surface area contributed by atoms with E-state index >= 15 is 0 Å². The van der Waals surface area contributed by atoms with E-state index in [-0.39, 0.29) is 17.6 Å². The summed E-state index contributed by atoms with van der Waals surface area (Å²) in [6, 6.07) is 0.0897. The second-order valence-electron chi connectivity index (χ2n) is 4.02. The number of sulfonamides is 1. The lowest BCUT2D eigenvalue weighted by Gasteiger charge is -2.19. The van der Waals surface area contributed by atoms with E-state index in [2.05, 4.69) is 16.8 Å². The highest BCUT2D eigenvalue weighted by Gasteiger charge is 2.38. The number of hydrogen-bond acceptors (Lipinski definition) is 4. The maximum atomic E-state index is 12.4.